The largest absolute Gasteiger partial charge is 0.317 e. The number of aryl methyl sites for hydroxylation is 1. The first-order valence-corrected chi connectivity index (χ1v) is 6.76. The molecule has 1 heterocycles. The van der Waals surface area contributed by atoms with Crippen LogP contribution in [0.3, 0.4) is 0 Å². The van der Waals surface area contributed by atoms with E-state index in [2.05, 4.69) is 54.5 Å². The fraction of sp³-hybridized carbons (Fsp3) is 0.438. The Morgan fingerprint density at radius 2 is 2.06 bits per heavy atom. The zero-order chi connectivity index (χ0) is 13.0. The summed E-state index contributed by atoms with van der Waals surface area (Å²) in [6, 6.07) is 10.9. The van der Waals surface area contributed by atoms with Gasteiger partial charge < -0.3 is 5.32 Å². The summed E-state index contributed by atoms with van der Waals surface area (Å²) < 4.78 is 0. The summed E-state index contributed by atoms with van der Waals surface area (Å²) in [5.41, 5.74) is 3.58. The Balaban J connectivity index is 2.12. The number of benzene rings is 1. The molecule has 2 rings (SSSR count). The van der Waals surface area contributed by atoms with Crippen LogP contribution in [0.25, 0.3) is 10.9 Å². The minimum absolute atomic E-state index is 0.667. The summed E-state index contributed by atoms with van der Waals surface area (Å²) in [4.78, 5) is 4.53. The van der Waals surface area contributed by atoms with E-state index in [0.717, 1.165) is 30.7 Å². The van der Waals surface area contributed by atoms with Gasteiger partial charge in [0.05, 0.1) is 5.52 Å². The molecule has 0 saturated carbocycles. The van der Waals surface area contributed by atoms with Crippen LogP contribution >= 0.6 is 0 Å². The Kier molecular flexibility index (Phi) is 4.32. The Bertz CT molecular complexity index is 519. The monoisotopic (exact) mass is 242 g/mol. The van der Waals surface area contributed by atoms with Crippen molar-refractivity contribution in [3.8, 4) is 0 Å². The zero-order valence-electron chi connectivity index (χ0n) is 11.5. The fourth-order valence-corrected chi connectivity index (χ4v) is 2.27. The van der Waals surface area contributed by atoms with Crippen molar-refractivity contribution in [2.75, 3.05) is 13.1 Å². The SMILES string of the molecule is CCNCC(C)Cc1ccc2nc(C)ccc2c1. The Morgan fingerprint density at radius 1 is 1.22 bits per heavy atom. The highest BCUT2D eigenvalue weighted by molar-refractivity contribution is 5.79. The van der Waals surface area contributed by atoms with Gasteiger partial charge >= 0.3 is 0 Å². The van der Waals surface area contributed by atoms with Crippen molar-refractivity contribution in [2.24, 2.45) is 5.92 Å². The molecule has 0 aliphatic rings. The van der Waals surface area contributed by atoms with E-state index in [-0.39, 0.29) is 0 Å². The van der Waals surface area contributed by atoms with Gasteiger partial charge in [-0.05, 0) is 56.1 Å². The van der Waals surface area contributed by atoms with Crippen LogP contribution in [0, 0.1) is 12.8 Å². The van der Waals surface area contributed by atoms with Gasteiger partial charge in [0.15, 0.2) is 0 Å². The van der Waals surface area contributed by atoms with E-state index in [9.17, 15) is 0 Å². The number of nitrogens with one attached hydrogen (secondary N) is 1. The van der Waals surface area contributed by atoms with Gasteiger partial charge in [-0.15, -0.1) is 0 Å². The maximum Gasteiger partial charge on any atom is 0.0705 e. The van der Waals surface area contributed by atoms with Crippen LogP contribution in [0.1, 0.15) is 25.1 Å². The Labute approximate surface area is 109 Å². The Hall–Kier alpha value is -1.41. The quantitative estimate of drug-likeness (QED) is 0.870. The lowest BCUT2D eigenvalue weighted by Crippen LogP contribution is -2.21. The lowest BCUT2D eigenvalue weighted by Gasteiger charge is -2.12. The lowest BCUT2D eigenvalue weighted by molar-refractivity contribution is 0.521. The third-order valence-electron chi connectivity index (χ3n) is 3.22. The molecular formula is C16H22N2. The number of hydrogen-bond acceptors (Lipinski definition) is 2. The van der Waals surface area contributed by atoms with E-state index in [1.807, 2.05) is 6.92 Å². The number of rotatable bonds is 5. The molecule has 0 aliphatic heterocycles. The molecular weight excluding hydrogens is 220 g/mol. The predicted octanol–water partition coefficient (Wildman–Crippen LogP) is 3.33. The first kappa shape index (κ1) is 13.0. The summed E-state index contributed by atoms with van der Waals surface area (Å²) >= 11 is 0. The van der Waals surface area contributed by atoms with Crippen LogP contribution in [0.2, 0.25) is 0 Å². The van der Waals surface area contributed by atoms with Crippen LogP contribution in [0.15, 0.2) is 30.3 Å². The molecule has 1 aromatic carbocycles. The van der Waals surface area contributed by atoms with E-state index in [1.165, 1.54) is 10.9 Å². The van der Waals surface area contributed by atoms with E-state index in [1.54, 1.807) is 0 Å². The lowest BCUT2D eigenvalue weighted by atomic mass is 9.99. The summed E-state index contributed by atoms with van der Waals surface area (Å²) in [7, 11) is 0. The van der Waals surface area contributed by atoms with Crippen molar-refractivity contribution in [3.05, 3.63) is 41.6 Å². The van der Waals surface area contributed by atoms with Crippen molar-refractivity contribution in [2.45, 2.75) is 27.2 Å². The standard InChI is InChI=1S/C16H22N2/c1-4-17-11-12(2)9-14-6-8-16-15(10-14)7-5-13(3)18-16/h5-8,10,12,17H,4,9,11H2,1-3H3. The third-order valence-corrected chi connectivity index (χ3v) is 3.22. The van der Waals surface area contributed by atoms with Gasteiger partial charge in [-0.3, -0.25) is 4.98 Å². The summed E-state index contributed by atoms with van der Waals surface area (Å²) in [6.07, 6.45) is 1.12. The van der Waals surface area contributed by atoms with Crippen LogP contribution in [0.4, 0.5) is 0 Å². The number of nitrogens with zero attached hydrogens (tertiary/aromatic N) is 1. The zero-order valence-corrected chi connectivity index (χ0v) is 11.5. The number of hydrogen-bond donors (Lipinski definition) is 1. The molecule has 0 radical (unpaired) electrons. The van der Waals surface area contributed by atoms with Crippen LogP contribution in [-0.4, -0.2) is 18.1 Å². The molecule has 2 aromatic rings. The summed E-state index contributed by atoms with van der Waals surface area (Å²) in [6.45, 7) is 8.61. The van der Waals surface area contributed by atoms with Gasteiger partial charge in [-0.2, -0.15) is 0 Å². The van der Waals surface area contributed by atoms with Crippen LogP contribution in [0.5, 0.6) is 0 Å². The number of aromatic nitrogens is 1. The molecule has 1 atom stereocenters. The maximum absolute atomic E-state index is 4.53. The minimum Gasteiger partial charge on any atom is -0.317 e. The Morgan fingerprint density at radius 3 is 2.83 bits per heavy atom. The molecule has 0 amide bonds. The molecule has 0 aliphatic carbocycles. The van der Waals surface area contributed by atoms with Gasteiger partial charge in [0, 0.05) is 11.1 Å². The van der Waals surface area contributed by atoms with Crippen molar-refractivity contribution in [1.29, 1.82) is 0 Å². The average Bonchev–Trinajstić information content (AvgIpc) is 2.36. The van der Waals surface area contributed by atoms with Crippen LogP contribution < -0.4 is 5.32 Å². The second-order valence-electron chi connectivity index (χ2n) is 5.10. The topological polar surface area (TPSA) is 24.9 Å². The normalized spacial score (nSPS) is 12.8. The van der Waals surface area contributed by atoms with Gasteiger partial charge in [0.25, 0.3) is 0 Å². The second kappa shape index (κ2) is 5.96. The van der Waals surface area contributed by atoms with Gasteiger partial charge in [-0.1, -0.05) is 26.0 Å². The first-order valence-electron chi connectivity index (χ1n) is 6.76. The average molecular weight is 242 g/mol. The molecule has 1 aromatic heterocycles. The van der Waals surface area contributed by atoms with Gasteiger partial charge in [0.2, 0.25) is 0 Å². The van der Waals surface area contributed by atoms with E-state index >= 15 is 0 Å². The number of fused-ring (bicyclic) bond motifs is 1. The maximum atomic E-state index is 4.53. The van der Waals surface area contributed by atoms with Crippen molar-refractivity contribution in [3.63, 3.8) is 0 Å². The molecule has 0 fully saturated rings. The first-order chi connectivity index (χ1) is 8.69. The van der Waals surface area contributed by atoms with Crippen molar-refractivity contribution >= 4 is 10.9 Å². The second-order valence-corrected chi connectivity index (χ2v) is 5.10. The molecule has 96 valence electrons. The molecule has 1 N–H and O–H groups in total. The van der Waals surface area contributed by atoms with E-state index < -0.39 is 0 Å². The smallest absolute Gasteiger partial charge is 0.0705 e. The minimum atomic E-state index is 0.667. The van der Waals surface area contributed by atoms with Crippen LogP contribution in [-0.2, 0) is 6.42 Å². The highest BCUT2D eigenvalue weighted by atomic mass is 14.8. The molecule has 2 nitrogen and oxygen atoms in total. The molecule has 0 saturated heterocycles. The highest BCUT2D eigenvalue weighted by Crippen LogP contribution is 2.17. The number of pyridine rings is 1. The van der Waals surface area contributed by atoms with Gasteiger partial charge in [0.1, 0.15) is 0 Å². The van der Waals surface area contributed by atoms with Gasteiger partial charge in [-0.25, -0.2) is 0 Å². The van der Waals surface area contributed by atoms with E-state index in [0.29, 0.717) is 5.92 Å². The predicted molar refractivity (Wildman–Crippen MR) is 77.9 cm³/mol. The molecule has 18 heavy (non-hydrogen) atoms. The van der Waals surface area contributed by atoms with Crippen molar-refractivity contribution < 1.29 is 0 Å². The fourth-order valence-electron chi connectivity index (χ4n) is 2.27. The summed E-state index contributed by atoms with van der Waals surface area (Å²) in [5.74, 6) is 0.667. The molecule has 2 heteroatoms. The third kappa shape index (κ3) is 3.30. The molecule has 1 unspecified atom stereocenters. The molecule has 0 spiro atoms. The van der Waals surface area contributed by atoms with Crippen molar-refractivity contribution in [1.82, 2.24) is 10.3 Å². The highest BCUT2D eigenvalue weighted by Gasteiger charge is 2.04. The molecule has 0 bridgehead atoms. The summed E-state index contributed by atoms with van der Waals surface area (Å²) in [5, 5.41) is 4.64. The van der Waals surface area contributed by atoms with E-state index in [4.69, 9.17) is 0 Å².